The lowest BCUT2D eigenvalue weighted by Gasteiger charge is -2.14. The Morgan fingerprint density at radius 2 is 2.00 bits per heavy atom. The van der Waals surface area contributed by atoms with Crippen LogP contribution in [0, 0.1) is 13.8 Å². The third kappa shape index (κ3) is 1.81. The van der Waals surface area contributed by atoms with Crippen molar-refractivity contribution in [1.29, 1.82) is 0 Å². The Labute approximate surface area is 96.7 Å². The summed E-state index contributed by atoms with van der Waals surface area (Å²) in [7, 11) is 1.98. The molecule has 0 radical (unpaired) electrons. The molecular weight excluding hydrogens is 196 g/mol. The van der Waals surface area contributed by atoms with E-state index in [2.05, 4.69) is 48.4 Å². The van der Waals surface area contributed by atoms with Crippen LogP contribution >= 0.6 is 0 Å². The van der Waals surface area contributed by atoms with Crippen LogP contribution in [-0.2, 0) is 0 Å². The highest BCUT2D eigenvalue weighted by molar-refractivity contribution is 5.85. The summed E-state index contributed by atoms with van der Waals surface area (Å²) in [4.78, 5) is 4.67. The summed E-state index contributed by atoms with van der Waals surface area (Å²) < 4.78 is 0. The van der Waals surface area contributed by atoms with Crippen LogP contribution in [0.5, 0.6) is 0 Å². The molecule has 1 atom stereocenters. The van der Waals surface area contributed by atoms with Crippen LogP contribution in [0.1, 0.15) is 29.8 Å². The van der Waals surface area contributed by atoms with Gasteiger partial charge in [0.1, 0.15) is 0 Å². The van der Waals surface area contributed by atoms with E-state index in [1.807, 2.05) is 14.0 Å². The zero-order valence-electron chi connectivity index (χ0n) is 10.3. The first-order valence-electron chi connectivity index (χ1n) is 5.67. The minimum atomic E-state index is 0.331. The van der Waals surface area contributed by atoms with E-state index in [0.717, 1.165) is 11.2 Å². The average molecular weight is 214 g/mol. The molecule has 1 N–H and O–H groups in total. The number of para-hydroxylation sites is 1. The van der Waals surface area contributed by atoms with E-state index < -0.39 is 0 Å². The number of fused-ring (bicyclic) bond motifs is 1. The molecule has 0 aliphatic rings. The number of benzene rings is 1. The highest BCUT2D eigenvalue weighted by atomic mass is 14.9. The van der Waals surface area contributed by atoms with Gasteiger partial charge in [0, 0.05) is 17.1 Å². The number of pyridine rings is 1. The van der Waals surface area contributed by atoms with E-state index in [4.69, 9.17) is 0 Å². The molecule has 1 heterocycles. The minimum absolute atomic E-state index is 0.331. The van der Waals surface area contributed by atoms with E-state index in [1.54, 1.807) is 0 Å². The predicted octanol–water partition coefficient (Wildman–Crippen LogP) is 3.13. The summed E-state index contributed by atoms with van der Waals surface area (Å²) in [6.45, 7) is 6.35. The molecular formula is C14H18N2. The van der Waals surface area contributed by atoms with Crippen molar-refractivity contribution in [1.82, 2.24) is 10.3 Å². The van der Waals surface area contributed by atoms with E-state index in [9.17, 15) is 0 Å². The van der Waals surface area contributed by atoms with Gasteiger partial charge in [-0.2, -0.15) is 0 Å². The number of aryl methyl sites for hydroxylation is 2. The second-order valence-electron chi connectivity index (χ2n) is 4.33. The second kappa shape index (κ2) is 4.22. The molecule has 0 amide bonds. The highest BCUT2D eigenvalue weighted by Gasteiger charge is 2.09. The molecule has 0 aliphatic heterocycles. The molecule has 0 bridgehead atoms. The summed E-state index contributed by atoms with van der Waals surface area (Å²) in [5, 5.41) is 4.53. The maximum Gasteiger partial charge on any atom is 0.0755 e. The Hall–Kier alpha value is -1.41. The molecule has 84 valence electrons. The summed E-state index contributed by atoms with van der Waals surface area (Å²) in [6.07, 6.45) is 0. The van der Waals surface area contributed by atoms with Crippen LogP contribution in [0.3, 0.4) is 0 Å². The Morgan fingerprint density at radius 3 is 2.69 bits per heavy atom. The molecule has 0 saturated heterocycles. The standard InChI is InChI=1S/C14H18N2/c1-9-8-10(2)16-14-12(9)6-5-7-13(14)11(3)15-4/h5-8,11,15H,1-4H3. The molecule has 0 spiro atoms. The van der Waals surface area contributed by atoms with Gasteiger partial charge >= 0.3 is 0 Å². The smallest absolute Gasteiger partial charge is 0.0755 e. The molecule has 16 heavy (non-hydrogen) atoms. The molecule has 0 fully saturated rings. The van der Waals surface area contributed by atoms with Gasteiger partial charge in [-0.05, 0) is 45.0 Å². The van der Waals surface area contributed by atoms with E-state index in [0.29, 0.717) is 6.04 Å². The number of rotatable bonds is 2. The predicted molar refractivity (Wildman–Crippen MR) is 68.7 cm³/mol. The van der Waals surface area contributed by atoms with Gasteiger partial charge in [0.05, 0.1) is 5.52 Å². The summed E-state index contributed by atoms with van der Waals surface area (Å²) in [5.41, 5.74) is 4.78. The van der Waals surface area contributed by atoms with E-state index >= 15 is 0 Å². The third-order valence-corrected chi connectivity index (χ3v) is 3.11. The number of hydrogen-bond donors (Lipinski definition) is 1. The largest absolute Gasteiger partial charge is 0.313 e. The molecule has 2 aromatic rings. The van der Waals surface area contributed by atoms with Crippen LogP contribution < -0.4 is 5.32 Å². The van der Waals surface area contributed by atoms with E-state index in [-0.39, 0.29) is 0 Å². The van der Waals surface area contributed by atoms with Gasteiger partial charge < -0.3 is 5.32 Å². The van der Waals surface area contributed by atoms with Crippen molar-refractivity contribution in [3.05, 3.63) is 41.1 Å². The van der Waals surface area contributed by atoms with Crippen LogP contribution in [0.2, 0.25) is 0 Å². The zero-order valence-corrected chi connectivity index (χ0v) is 10.3. The first-order chi connectivity index (χ1) is 7.63. The van der Waals surface area contributed by atoms with Gasteiger partial charge in [-0.15, -0.1) is 0 Å². The van der Waals surface area contributed by atoms with Crippen molar-refractivity contribution in [2.75, 3.05) is 7.05 Å². The lowest BCUT2D eigenvalue weighted by atomic mass is 10.0. The average Bonchev–Trinajstić information content (AvgIpc) is 2.27. The topological polar surface area (TPSA) is 24.9 Å². The Morgan fingerprint density at radius 1 is 1.25 bits per heavy atom. The monoisotopic (exact) mass is 214 g/mol. The maximum atomic E-state index is 4.67. The SMILES string of the molecule is CNC(C)c1cccc2c(C)cc(C)nc12. The number of nitrogens with zero attached hydrogens (tertiary/aromatic N) is 1. The lowest BCUT2D eigenvalue weighted by molar-refractivity contribution is 0.656. The van der Waals surface area contributed by atoms with Crippen LogP contribution in [0.15, 0.2) is 24.3 Å². The molecule has 2 nitrogen and oxygen atoms in total. The molecule has 2 rings (SSSR count). The molecule has 0 aliphatic carbocycles. The van der Waals surface area contributed by atoms with Crippen LogP contribution in [-0.4, -0.2) is 12.0 Å². The van der Waals surface area contributed by atoms with Gasteiger partial charge in [0.15, 0.2) is 0 Å². The summed E-state index contributed by atoms with van der Waals surface area (Å²) in [5.74, 6) is 0. The van der Waals surface area contributed by atoms with Crippen molar-refractivity contribution in [2.24, 2.45) is 0 Å². The van der Waals surface area contributed by atoms with Gasteiger partial charge in [-0.3, -0.25) is 4.98 Å². The first-order valence-corrected chi connectivity index (χ1v) is 5.67. The zero-order chi connectivity index (χ0) is 11.7. The number of nitrogens with one attached hydrogen (secondary N) is 1. The van der Waals surface area contributed by atoms with Gasteiger partial charge in [-0.25, -0.2) is 0 Å². The van der Waals surface area contributed by atoms with Crippen molar-refractivity contribution in [3.63, 3.8) is 0 Å². The van der Waals surface area contributed by atoms with Crippen molar-refractivity contribution in [3.8, 4) is 0 Å². The molecule has 1 aromatic heterocycles. The fraction of sp³-hybridized carbons (Fsp3) is 0.357. The van der Waals surface area contributed by atoms with Gasteiger partial charge in [0.2, 0.25) is 0 Å². The molecule has 0 saturated carbocycles. The van der Waals surface area contributed by atoms with Crippen molar-refractivity contribution in [2.45, 2.75) is 26.8 Å². The quantitative estimate of drug-likeness (QED) is 0.830. The Balaban J connectivity index is 2.76. The Kier molecular flexibility index (Phi) is 2.92. The van der Waals surface area contributed by atoms with Crippen molar-refractivity contribution >= 4 is 10.9 Å². The molecule has 2 heteroatoms. The molecule has 1 unspecified atom stereocenters. The molecule has 1 aromatic carbocycles. The van der Waals surface area contributed by atoms with Gasteiger partial charge in [0.25, 0.3) is 0 Å². The fourth-order valence-corrected chi connectivity index (χ4v) is 2.11. The Bertz CT molecular complexity index is 517. The maximum absolute atomic E-state index is 4.67. The minimum Gasteiger partial charge on any atom is -0.313 e. The lowest BCUT2D eigenvalue weighted by Crippen LogP contribution is -2.13. The van der Waals surface area contributed by atoms with Crippen LogP contribution in [0.25, 0.3) is 10.9 Å². The second-order valence-corrected chi connectivity index (χ2v) is 4.33. The number of aromatic nitrogens is 1. The normalized spacial score (nSPS) is 13.0. The summed E-state index contributed by atoms with van der Waals surface area (Å²) in [6, 6.07) is 8.86. The van der Waals surface area contributed by atoms with Crippen LogP contribution in [0.4, 0.5) is 0 Å². The van der Waals surface area contributed by atoms with Crippen molar-refractivity contribution < 1.29 is 0 Å². The summed E-state index contributed by atoms with van der Waals surface area (Å²) >= 11 is 0. The highest BCUT2D eigenvalue weighted by Crippen LogP contribution is 2.25. The first kappa shape index (κ1) is 11.1. The van der Waals surface area contributed by atoms with Gasteiger partial charge in [-0.1, -0.05) is 18.2 Å². The number of hydrogen-bond acceptors (Lipinski definition) is 2. The third-order valence-electron chi connectivity index (χ3n) is 3.11. The fourth-order valence-electron chi connectivity index (χ4n) is 2.11. The van der Waals surface area contributed by atoms with E-state index in [1.165, 1.54) is 16.5 Å².